The molecule has 1 amide bonds. The Labute approximate surface area is 180 Å². The van der Waals surface area contributed by atoms with Gasteiger partial charge in [0.25, 0.3) is 5.89 Å². The van der Waals surface area contributed by atoms with Crippen LogP contribution in [0.5, 0.6) is 0 Å². The normalized spacial score (nSPS) is 11.1. The summed E-state index contributed by atoms with van der Waals surface area (Å²) in [5.41, 5.74) is 0.292. The third kappa shape index (κ3) is 3.48. The van der Waals surface area contributed by atoms with Crippen molar-refractivity contribution in [3.8, 4) is 10.4 Å². The predicted molar refractivity (Wildman–Crippen MR) is 111 cm³/mol. The molecule has 0 saturated carbocycles. The highest BCUT2D eigenvalue weighted by molar-refractivity contribution is 9.10. The van der Waals surface area contributed by atoms with Crippen LogP contribution in [0.2, 0.25) is 0 Å². The molecule has 0 aliphatic carbocycles. The second-order valence-corrected chi connectivity index (χ2v) is 8.10. The van der Waals surface area contributed by atoms with Gasteiger partial charge in [0.15, 0.2) is 17.2 Å². The minimum absolute atomic E-state index is 0.0179. The van der Waals surface area contributed by atoms with Crippen molar-refractivity contribution in [2.75, 3.05) is 5.32 Å². The summed E-state index contributed by atoms with van der Waals surface area (Å²) < 4.78 is 34.5. The number of benzene rings is 2. The number of nitrogens with zero attached hydrogens (tertiary/aromatic N) is 1. The van der Waals surface area contributed by atoms with Gasteiger partial charge in [-0.2, -0.15) is 0 Å². The maximum Gasteiger partial charge on any atom is 0.339 e. The van der Waals surface area contributed by atoms with Gasteiger partial charge in [-0.3, -0.25) is 4.79 Å². The number of halogens is 3. The SMILES string of the molecule is Cc1ccc(-c2scc(NC(=O)c3nc4cc(Br)ccc4o3)c2C(=O)O)c(F)c1F. The van der Waals surface area contributed by atoms with Crippen LogP contribution in [0.4, 0.5) is 14.5 Å². The molecule has 0 bridgehead atoms. The van der Waals surface area contributed by atoms with E-state index in [-0.39, 0.29) is 33.1 Å². The van der Waals surface area contributed by atoms with Crippen LogP contribution in [0.1, 0.15) is 26.6 Å². The Hall–Kier alpha value is -3.11. The highest BCUT2D eigenvalue weighted by Crippen LogP contribution is 2.38. The molecule has 0 radical (unpaired) electrons. The van der Waals surface area contributed by atoms with E-state index in [1.807, 2.05) is 0 Å². The second-order valence-electron chi connectivity index (χ2n) is 6.30. The number of carboxylic acid groups (broad SMARTS) is 1. The molecule has 2 aromatic heterocycles. The van der Waals surface area contributed by atoms with Gasteiger partial charge < -0.3 is 14.8 Å². The summed E-state index contributed by atoms with van der Waals surface area (Å²) in [6.45, 7) is 1.40. The zero-order valence-corrected chi connectivity index (χ0v) is 17.5. The van der Waals surface area contributed by atoms with Crippen molar-refractivity contribution in [1.82, 2.24) is 4.98 Å². The van der Waals surface area contributed by atoms with Gasteiger partial charge in [-0.15, -0.1) is 11.3 Å². The van der Waals surface area contributed by atoms with Crippen molar-refractivity contribution in [3.63, 3.8) is 0 Å². The van der Waals surface area contributed by atoms with Crippen LogP contribution >= 0.6 is 27.3 Å². The molecule has 0 unspecified atom stereocenters. The molecule has 0 saturated heterocycles. The first-order chi connectivity index (χ1) is 14.3. The van der Waals surface area contributed by atoms with E-state index in [0.717, 1.165) is 15.8 Å². The number of carbonyl (C=O) groups is 2. The van der Waals surface area contributed by atoms with E-state index < -0.39 is 23.5 Å². The fraction of sp³-hybridized carbons (Fsp3) is 0.0500. The zero-order valence-electron chi connectivity index (χ0n) is 15.1. The molecule has 2 heterocycles. The van der Waals surface area contributed by atoms with Crippen molar-refractivity contribution in [2.45, 2.75) is 6.92 Å². The lowest BCUT2D eigenvalue weighted by Gasteiger charge is -2.07. The molecule has 4 rings (SSSR count). The fourth-order valence-corrected chi connectivity index (χ4v) is 4.22. The Morgan fingerprint density at radius 3 is 2.70 bits per heavy atom. The lowest BCUT2D eigenvalue weighted by molar-refractivity contribution is 0.0699. The summed E-state index contributed by atoms with van der Waals surface area (Å²) in [6.07, 6.45) is 0. The smallest absolute Gasteiger partial charge is 0.339 e. The number of aromatic carboxylic acids is 1. The predicted octanol–water partition coefficient (Wildman–Crippen LogP) is 5.86. The van der Waals surface area contributed by atoms with Crippen molar-refractivity contribution < 1.29 is 27.9 Å². The largest absolute Gasteiger partial charge is 0.478 e. The van der Waals surface area contributed by atoms with Gasteiger partial charge in [-0.1, -0.05) is 28.1 Å². The van der Waals surface area contributed by atoms with E-state index in [0.29, 0.717) is 11.1 Å². The Morgan fingerprint density at radius 2 is 1.97 bits per heavy atom. The zero-order chi connectivity index (χ0) is 21.6. The highest BCUT2D eigenvalue weighted by Gasteiger charge is 2.26. The molecule has 4 aromatic rings. The van der Waals surface area contributed by atoms with Gasteiger partial charge in [0.05, 0.1) is 10.6 Å². The fourth-order valence-electron chi connectivity index (χ4n) is 2.86. The molecular weight excluding hydrogens is 482 g/mol. The van der Waals surface area contributed by atoms with Crippen molar-refractivity contribution in [1.29, 1.82) is 0 Å². The standard InChI is InChI=1S/C20H11BrF2N2O4S/c1-8-2-4-10(16(23)15(8)22)17-14(20(27)28)12(7-30-17)24-18(26)19-25-11-6-9(21)3-5-13(11)29-19/h2-7H,1H3,(H,24,26)(H,27,28). The quantitative estimate of drug-likeness (QED) is 0.372. The number of anilines is 1. The average Bonchev–Trinajstić information content (AvgIpc) is 3.30. The molecule has 0 aliphatic rings. The molecule has 0 spiro atoms. The summed E-state index contributed by atoms with van der Waals surface area (Å²) in [7, 11) is 0. The highest BCUT2D eigenvalue weighted by atomic mass is 79.9. The van der Waals surface area contributed by atoms with Crippen LogP contribution in [-0.4, -0.2) is 22.0 Å². The van der Waals surface area contributed by atoms with Gasteiger partial charge in [0.2, 0.25) is 0 Å². The third-order valence-electron chi connectivity index (χ3n) is 4.32. The van der Waals surface area contributed by atoms with Gasteiger partial charge in [0.1, 0.15) is 11.1 Å². The van der Waals surface area contributed by atoms with E-state index in [4.69, 9.17) is 4.42 Å². The lowest BCUT2D eigenvalue weighted by Crippen LogP contribution is -2.14. The van der Waals surface area contributed by atoms with Crippen LogP contribution in [0.3, 0.4) is 0 Å². The molecule has 6 nitrogen and oxygen atoms in total. The third-order valence-corrected chi connectivity index (χ3v) is 5.82. The molecule has 0 atom stereocenters. The molecule has 30 heavy (non-hydrogen) atoms. The van der Waals surface area contributed by atoms with E-state index in [1.165, 1.54) is 24.4 Å². The van der Waals surface area contributed by atoms with Gasteiger partial charge >= 0.3 is 11.9 Å². The molecule has 2 aromatic carbocycles. The van der Waals surface area contributed by atoms with Crippen LogP contribution in [0, 0.1) is 18.6 Å². The van der Waals surface area contributed by atoms with Crippen molar-refractivity contribution in [3.05, 3.63) is 68.8 Å². The number of rotatable bonds is 4. The van der Waals surface area contributed by atoms with Crippen LogP contribution in [0.25, 0.3) is 21.5 Å². The Kier molecular flexibility index (Phi) is 5.12. The summed E-state index contributed by atoms with van der Waals surface area (Å²) in [6, 6.07) is 7.67. The monoisotopic (exact) mass is 492 g/mol. The topological polar surface area (TPSA) is 92.4 Å². The second kappa shape index (κ2) is 7.62. The first-order valence-electron chi connectivity index (χ1n) is 8.43. The number of oxazole rings is 1. The van der Waals surface area contributed by atoms with E-state index in [9.17, 15) is 23.5 Å². The molecule has 0 aliphatic heterocycles. The number of nitrogens with one attached hydrogen (secondary N) is 1. The number of thiophene rings is 1. The number of carbonyl (C=O) groups excluding carboxylic acids is 1. The molecule has 2 N–H and O–H groups in total. The maximum absolute atomic E-state index is 14.4. The summed E-state index contributed by atoms with van der Waals surface area (Å²) in [5.74, 6) is -4.64. The number of aromatic nitrogens is 1. The number of aryl methyl sites for hydroxylation is 1. The molecule has 152 valence electrons. The number of carboxylic acids is 1. The number of hydrogen-bond donors (Lipinski definition) is 2. The Balaban J connectivity index is 1.72. The minimum atomic E-state index is -1.40. The Bertz CT molecular complexity index is 1330. The molecule has 0 fully saturated rings. The van der Waals surface area contributed by atoms with Crippen molar-refractivity contribution in [2.24, 2.45) is 0 Å². The van der Waals surface area contributed by atoms with Crippen LogP contribution in [-0.2, 0) is 0 Å². The van der Waals surface area contributed by atoms with E-state index >= 15 is 0 Å². The minimum Gasteiger partial charge on any atom is -0.478 e. The maximum atomic E-state index is 14.4. The summed E-state index contributed by atoms with van der Waals surface area (Å²) in [4.78, 5) is 28.4. The van der Waals surface area contributed by atoms with Crippen molar-refractivity contribution >= 4 is 55.9 Å². The number of amides is 1. The summed E-state index contributed by atoms with van der Waals surface area (Å²) >= 11 is 4.17. The van der Waals surface area contributed by atoms with E-state index in [2.05, 4.69) is 26.2 Å². The first kappa shape index (κ1) is 20.2. The number of hydrogen-bond acceptors (Lipinski definition) is 5. The van der Waals surface area contributed by atoms with Gasteiger partial charge in [-0.05, 0) is 30.7 Å². The lowest BCUT2D eigenvalue weighted by atomic mass is 10.1. The van der Waals surface area contributed by atoms with Crippen LogP contribution < -0.4 is 5.32 Å². The van der Waals surface area contributed by atoms with E-state index in [1.54, 1.807) is 18.2 Å². The molecule has 10 heteroatoms. The first-order valence-corrected chi connectivity index (χ1v) is 10.1. The van der Waals surface area contributed by atoms with Crippen LogP contribution in [0.15, 0.2) is 44.6 Å². The Morgan fingerprint density at radius 1 is 1.20 bits per heavy atom. The van der Waals surface area contributed by atoms with Gasteiger partial charge in [0, 0.05) is 15.4 Å². The number of fused-ring (bicyclic) bond motifs is 1. The van der Waals surface area contributed by atoms with Gasteiger partial charge in [-0.25, -0.2) is 18.6 Å². The molecular formula is C20H11BrF2N2O4S. The average molecular weight is 493 g/mol. The summed E-state index contributed by atoms with van der Waals surface area (Å²) in [5, 5.41) is 13.4.